The summed E-state index contributed by atoms with van der Waals surface area (Å²) in [6, 6.07) is 13.2. The van der Waals surface area contributed by atoms with Gasteiger partial charge in [-0.15, -0.1) is 0 Å². The molecule has 2 heterocycles. The van der Waals surface area contributed by atoms with Crippen LogP contribution in [0.2, 0.25) is 0 Å². The molecule has 0 aliphatic carbocycles. The quantitative estimate of drug-likeness (QED) is 0.842. The van der Waals surface area contributed by atoms with E-state index in [-0.39, 0.29) is 12.1 Å². The number of fused-ring (bicyclic) bond motifs is 2. The average molecular weight is 282 g/mol. The SMILES string of the molecule is O=C1N[C@H](c2ccc3c(c2)OCCO3)Nc2ccccc21. The molecule has 2 aliphatic heterocycles. The van der Waals surface area contributed by atoms with E-state index < -0.39 is 0 Å². The summed E-state index contributed by atoms with van der Waals surface area (Å²) in [7, 11) is 0. The monoisotopic (exact) mass is 282 g/mol. The molecule has 0 radical (unpaired) electrons. The molecule has 0 saturated carbocycles. The van der Waals surface area contributed by atoms with E-state index in [4.69, 9.17) is 9.47 Å². The van der Waals surface area contributed by atoms with Gasteiger partial charge in [-0.1, -0.05) is 18.2 Å². The number of para-hydroxylation sites is 1. The maximum atomic E-state index is 12.2. The molecule has 0 aromatic heterocycles. The summed E-state index contributed by atoms with van der Waals surface area (Å²) < 4.78 is 11.1. The molecule has 5 nitrogen and oxygen atoms in total. The van der Waals surface area contributed by atoms with E-state index in [9.17, 15) is 4.79 Å². The minimum atomic E-state index is -0.275. The molecule has 21 heavy (non-hydrogen) atoms. The van der Waals surface area contributed by atoms with Crippen LogP contribution < -0.4 is 20.1 Å². The van der Waals surface area contributed by atoms with Crippen molar-refractivity contribution >= 4 is 11.6 Å². The third-order valence-corrected chi connectivity index (χ3v) is 3.65. The van der Waals surface area contributed by atoms with E-state index in [1.807, 2.05) is 36.4 Å². The van der Waals surface area contributed by atoms with E-state index in [0.717, 1.165) is 17.0 Å². The largest absolute Gasteiger partial charge is 0.486 e. The highest BCUT2D eigenvalue weighted by Crippen LogP contribution is 2.34. The lowest BCUT2D eigenvalue weighted by atomic mass is 10.1. The van der Waals surface area contributed by atoms with Crippen molar-refractivity contribution in [2.24, 2.45) is 0 Å². The predicted octanol–water partition coefficient (Wildman–Crippen LogP) is 2.31. The Morgan fingerprint density at radius 3 is 2.67 bits per heavy atom. The van der Waals surface area contributed by atoms with E-state index in [1.165, 1.54) is 0 Å². The van der Waals surface area contributed by atoms with Crippen LogP contribution in [0.15, 0.2) is 42.5 Å². The van der Waals surface area contributed by atoms with Gasteiger partial charge in [-0.25, -0.2) is 0 Å². The van der Waals surface area contributed by atoms with Gasteiger partial charge in [0.25, 0.3) is 5.91 Å². The molecule has 4 rings (SSSR count). The van der Waals surface area contributed by atoms with E-state index in [2.05, 4.69) is 10.6 Å². The smallest absolute Gasteiger partial charge is 0.255 e. The van der Waals surface area contributed by atoms with Crippen LogP contribution in [0.1, 0.15) is 22.1 Å². The van der Waals surface area contributed by atoms with E-state index in [0.29, 0.717) is 24.5 Å². The minimum absolute atomic E-state index is 0.0794. The summed E-state index contributed by atoms with van der Waals surface area (Å²) in [5, 5.41) is 6.27. The van der Waals surface area contributed by atoms with Crippen molar-refractivity contribution in [3.63, 3.8) is 0 Å². The molecule has 2 aromatic rings. The lowest BCUT2D eigenvalue weighted by molar-refractivity contribution is 0.0935. The summed E-state index contributed by atoms with van der Waals surface area (Å²) in [5.41, 5.74) is 2.43. The van der Waals surface area contributed by atoms with E-state index >= 15 is 0 Å². The predicted molar refractivity (Wildman–Crippen MR) is 77.7 cm³/mol. The van der Waals surface area contributed by atoms with Crippen LogP contribution in [0.3, 0.4) is 0 Å². The topological polar surface area (TPSA) is 59.6 Å². The molecule has 0 bridgehead atoms. The maximum Gasteiger partial charge on any atom is 0.255 e. The van der Waals surface area contributed by atoms with Gasteiger partial charge in [-0.2, -0.15) is 0 Å². The molecule has 1 atom stereocenters. The lowest BCUT2D eigenvalue weighted by Crippen LogP contribution is -2.38. The van der Waals surface area contributed by atoms with Crippen molar-refractivity contribution < 1.29 is 14.3 Å². The second-order valence-corrected chi connectivity index (χ2v) is 5.00. The summed E-state index contributed by atoms with van der Waals surface area (Å²) in [4.78, 5) is 12.2. The fourth-order valence-electron chi connectivity index (χ4n) is 2.61. The molecule has 0 spiro atoms. The van der Waals surface area contributed by atoms with Gasteiger partial charge in [0.2, 0.25) is 0 Å². The molecule has 1 amide bonds. The van der Waals surface area contributed by atoms with Gasteiger partial charge >= 0.3 is 0 Å². The van der Waals surface area contributed by atoms with Gasteiger partial charge in [-0.05, 0) is 29.8 Å². The Morgan fingerprint density at radius 1 is 0.952 bits per heavy atom. The normalized spacial score (nSPS) is 19.2. The van der Waals surface area contributed by atoms with Gasteiger partial charge in [0.1, 0.15) is 19.4 Å². The summed E-state index contributed by atoms with van der Waals surface area (Å²) in [6.07, 6.45) is -0.275. The standard InChI is InChI=1S/C16H14N2O3/c19-16-11-3-1-2-4-12(11)17-15(18-16)10-5-6-13-14(9-10)21-8-7-20-13/h1-6,9,15,17H,7-8H2,(H,18,19)/t15-/m1/s1. The highest BCUT2D eigenvalue weighted by molar-refractivity contribution is 6.01. The van der Waals surface area contributed by atoms with Crippen LogP contribution in [0.25, 0.3) is 0 Å². The Morgan fingerprint density at radius 2 is 1.76 bits per heavy atom. The number of carbonyl (C=O) groups is 1. The van der Waals surface area contributed by atoms with Gasteiger partial charge in [0.15, 0.2) is 11.5 Å². The molecular formula is C16H14N2O3. The summed E-state index contributed by atoms with van der Waals surface area (Å²) in [5.74, 6) is 1.38. The number of rotatable bonds is 1. The van der Waals surface area contributed by atoms with Gasteiger partial charge in [-0.3, -0.25) is 4.79 Å². The summed E-state index contributed by atoms with van der Waals surface area (Å²) >= 11 is 0. The number of hydrogen-bond acceptors (Lipinski definition) is 4. The second kappa shape index (κ2) is 4.70. The Kier molecular flexibility index (Phi) is 2.70. The van der Waals surface area contributed by atoms with Crippen molar-refractivity contribution in [2.75, 3.05) is 18.5 Å². The molecule has 2 N–H and O–H groups in total. The zero-order valence-electron chi connectivity index (χ0n) is 11.3. The Labute approximate surface area is 121 Å². The number of carbonyl (C=O) groups excluding carboxylic acids is 1. The number of benzene rings is 2. The minimum Gasteiger partial charge on any atom is -0.486 e. The van der Waals surface area contributed by atoms with Crippen molar-refractivity contribution in [3.05, 3.63) is 53.6 Å². The third kappa shape index (κ3) is 2.07. The third-order valence-electron chi connectivity index (χ3n) is 3.65. The Bertz CT molecular complexity index is 714. The first-order chi connectivity index (χ1) is 10.3. The fraction of sp³-hybridized carbons (Fsp3) is 0.188. The van der Waals surface area contributed by atoms with Gasteiger partial charge in [0.05, 0.1) is 5.56 Å². The van der Waals surface area contributed by atoms with Crippen molar-refractivity contribution in [2.45, 2.75) is 6.17 Å². The van der Waals surface area contributed by atoms with Crippen LogP contribution in [-0.4, -0.2) is 19.1 Å². The molecule has 0 unspecified atom stereocenters. The van der Waals surface area contributed by atoms with Crippen LogP contribution in [0.4, 0.5) is 5.69 Å². The van der Waals surface area contributed by atoms with Crippen molar-refractivity contribution in [3.8, 4) is 11.5 Å². The molecule has 2 aromatic carbocycles. The van der Waals surface area contributed by atoms with Gasteiger partial charge in [0, 0.05) is 5.69 Å². The molecular weight excluding hydrogens is 268 g/mol. The first-order valence-corrected chi connectivity index (χ1v) is 6.87. The van der Waals surface area contributed by atoms with Crippen LogP contribution in [0, 0.1) is 0 Å². The number of anilines is 1. The molecule has 106 valence electrons. The fourth-order valence-corrected chi connectivity index (χ4v) is 2.61. The Balaban J connectivity index is 1.67. The lowest BCUT2D eigenvalue weighted by Gasteiger charge is -2.29. The maximum absolute atomic E-state index is 12.2. The van der Waals surface area contributed by atoms with Gasteiger partial charge < -0.3 is 20.1 Å². The average Bonchev–Trinajstić information content (AvgIpc) is 2.54. The molecule has 5 heteroatoms. The van der Waals surface area contributed by atoms with Crippen molar-refractivity contribution in [1.82, 2.24) is 5.32 Å². The van der Waals surface area contributed by atoms with Crippen LogP contribution in [-0.2, 0) is 0 Å². The number of nitrogens with one attached hydrogen (secondary N) is 2. The summed E-state index contributed by atoms with van der Waals surface area (Å²) in [6.45, 7) is 1.11. The highest BCUT2D eigenvalue weighted by Gasteiger charge is 2.25. The van der Waals surface area contributed by atoms with Crippen LogP contribution >= 0.6 is 0 Å². The first kappa shape index (κ1) is 12.1. The van der Waals surface area contributed by atoms with E-state index in [1.54, 1.807) is 6.07 Å². The zero-order chi connectivity index (χ0) is 14.2. The first-order valence-electron chi connectivity index (χ1n) is 6.87. The molecule has 0 fully saturated rings. The van der Waals surface area contributed by atoms with Crippen molar-refractivity contribution in [1.29, 1.82) is 0 Å². The molecule has 0 saturated heterocycles. The second-order valence-electron chi connectivity index (χ2n) is 5.00. The van der Waals surface area contributed by atoms with Crippen LogP contribution in [0.5, 0.6) is 11.5 Å². The number of amides is 1. The highest BCUT2D eigenvalue weighted by atomic mass is 16.6. The zero-order valence-corrected chi connectivity index (χ0v) is 11.3. The molecule has 2 aliphatic rings. The Hall–Kier alpha value is -2.69. The number of hydrogen-bond donors (Lipinski definition) is 2. The number of ether oxygens (including phenoxy) is 2.